The van der Waals surface area contributed by atoms with Gasteiger partial charge in [0, 0.05) is 36.4 Å². The fourth-order valence-corrected chi connectivity index (χ4v) is 3.46. The minimum Gasteiger partial charge on any atom is -0.399 e. The topological polar surface area (TPSA) is 84.7 Å². The van der Waals surface area contributed by atoms with Crippen molar-refractivity contribution >= 4 is 35.6 Å². The molecule has 1 aliphatic rings. The van der Waals surface area contributed by atoms with E-state index >= 15 is 0 Å². The molecule has 2 amide bonds. The maximum atomic E-state index is 12.7. The molecular weight excluding hydrogens is 390 g/mol. The highest BCUT2D eigenvalue weighted by Crippen LogP contribution is 2.17. The van der Waals surface area contributed by atoms with Crippen LogP contribution in [0.1, 0.15) is 36.2 Å². The van der Waals surface area contributed by atoms with Gasteiger partial charge in [-0.3, -0.25) is 9.59 Å². The molecular formula is C22H28ClN3O3. The van der Waals surface area contributed by atoms with E-state index in [1.54, 1.807) is 24.3 Å². The lowest BCUT2D eigenvalue weighted by atomic mass is 10.1. The average Bonchev–Trinajstić information content (AvgIpc) is 2.66. The number of amides is 2. The number of halogens is 1. The normalized spacial score (nSPS) is 18.6. The Morgan fingerprint density at radius 1 is 1.07 bits per heavy atom. The van der Waals surface area contributed by atoms with Gasteiger partial charge < -0.3 is 20.7 Å². The van der Waals surface area contributed by atoms with Crippen molar-refractivity contribution in [2.75, 3.05) is 24.1 Å². The number of nitrogens with zero attached hydrogens (tertiary/aromatic N) is 1. The lowest BCUT2D eigenvalue weighted by Gasteiger charge is -2.35. The number of anilines is 2. The van der Waals surface area contributed by atoms with E-state index in [-0.39, 0.29) is 36.4 Å². The monoisotopic (exact) mass is 417 g/mol. The van der Waals surface area contributed by atoms with E-state index in [0.717, 1.165) is 5.56 Å². The Labute approximate surface area is 177 Å². The highest BCUT2D eigenvalue weighted by Gasteiger charge is 2.26. The van der Waals surface area contributed by atoms with Gasteiger partial charge >= 0.3 is 0 Å². The molecule has 0 bridgehead atoms. The summed E-state index contributed by atoms with van der Waals surface area (Å²) in [5, 5.41) is 2.87. The van der Waals surface area contributed by atoms with Crippen LogP contribution < -0.4 is 11.1 Å². The number of nitrogen functional groups attached to an aromatic ring is 1. The number of nitrogens with one attached hydrogen (secondary N) is 1. The first-order valence-corrected chi connectivity index (χ1v) is 9.60. The van der Waals surface area contributed by atoms with Gasteiger partial charge in [-0.1, -0.05) is 18.2 Å². The predicted molar refractivity (Wildman–Crippen MR) is 117 cm³/mol. The SMILES string of the molecule is CC1CN(C(=O)c2ccc(NC(=O)CCc3ccccc3N)cc2)CC(C)O1.Cl. The predicted octanol–water partition coefficient (Wildman–Crippen LogP) is 3.51. The Morgan fingerprint density at radius 3 is 2.31 bits per heavy atom. The summed E-state index contributed by atoms with van der Waals surface area (Å²) >= 11 is 0. The standard InChI is InChI=1S/C22H27N3O3.ClH/c1-15-13-25(14-16(2)28-15)22(27)18-7-10-19(11-8-18)24-21(26)12-9-17-5-3-4-6-20(17)23;/h3-8,10-11,15-16H,9,12-14,23H2,1-2H3,(H,24,26);1H. The lowest BCUT2D eigenvalue weighted by Crippen LogP contribution is -2.48. The molecule has 7 heteroatoms. The third-order valence-electron chi connectivity index (χ3n) is 4.80. The second-order valence-electron chi connectivity index (χ2n) is 7.29. The molecule has 0 aromatic heterocycles. The number of ether oxygens (including phenoxy) is 1. The zero-order valence-electron chi connectivity index (χ0n) is 16.8. The molecule has 2 atom stereocenters. The Hall–Kier alpha value is -2.57. The third-order valence-corrected chi connectivity index (χ3v) is 4.80. The van der Waals surface area contributed by atoms with Crippen molar-refractivity contribution in [2.45, 2.75) is 38.9 Å². The molecule has 2 unspecified atom stereocenters. The highest BCUT2D eigenvalue weighted by atomic mass is 35.5. The van der Waals surface area contributed by atoms with Gasteiger partial charge in [0.15, 0.2) is 0 Å². The number of carbonyl (C=O) groups excluding carboxylic acids is 2. The number of morpholine rings is 1. The van der Waals surface area contributed by atoms with Gasteiger partial charge in [-0.2, -0.15) is 0 Å². The maximum Gasteiger partial charge on any atom is 0.254 e. The molecule has 0 aliphatic carbocycles. The summed E-state index contributed by atoms with van der Waals surface area (Å²) in [5.41, 5.74) is 8.85. The average molecular weight is 418 g/mol. The number of hydrogen-bond acceptors (Lipinski definition) is 4. The van der Waals surface area contributed by atoms with Crippen molar-refractivity contribution in [1.29, 1.82) is 0 Å². The first kappa shape index (κ1) is 22.7. The molecule has 0 saturated carbocycles. The second kappa shape index (κ2) is 10.3. The van der Waals surface area contributed by atoms with E-state index in [0.29, 0.717) is 42.9 Å². The summed E-state index contributed by atoms with van der Waals surface area (Å²) in [6, 6.07) is 14.6. The maximum absolute atomic E-state index is 12.7. The largest absolute Gasteiger partial charge is 0.399 e. The zero-order valence-corrected chi connectivity index (χ0v) is 17.6. The third kappa shape index (κ3) is 6.21. The van der Waals surface area contributed by atoms with Gasteiger partial charge in [0.2, 0.25) is 5.91 Å². The van der Waals surface area contributed by atoms with Crippen LogP contribution in [0.2, 0.25) is 0 Å². The summed E-state index contributed by atoms with van der Waals surface area (Å²) in [7, 11) is 0. The first-order valence-electron chi connectivity index (χ1n) is 9.60. The molecule has 3 rings (SSSR count). The first-order chi connectivity index (χ1) is 13.4. The van der Waals surface area contributed by atoms with Gasteiger partial charge in [0.05, 0.1) is 12.2 Å². The number of aryl methyl sites for hydroxylation is 1. The minimum absolute atomic E-state index is 0. The molecule has 1 heterocycles. The quantitative estimate of drug-likeness (QED) is 0.729. The van der Waals surface area contributed by atoms with Crippen LogP contribution >= 0.6 is 12.4 Å². The van der Waals surface area contributed by atoms with Crippen molar-refractivity contribution < 1.29 is 14.3 Å². The number of carbonyl (C=O) groups is 2. The van der Waals surface area contributed by atoms with E-state index in [9.17, 15) is 9.59 Å². The molecule has 2 aromatic carbocycles. The Morgan fingerprint density at radius 2 is 1.69 bits per heavy atom. The van der Waals surface area contributed by atoms with Crippen LogP contribution in [0.5, 0.6) is 0 Å². The molecule has 1 fully saturated rings. The molecule has 1 saturated heterocycles. The van der Waals surface area contributed by atoms with Crippen LogP contribution in [0.4, 0.5) is 11.4 Å². The fraction of sp³-hybridized carbons (Fsp3) is 0.364. The molecule has 1 aliphatic heterocycles. The number of hydrogen-bond donors (Lipinski definition) is 2. The van der Waals surface area contributed by atoms with E-state index in [2.05, 4.69) is 5.32 Å². The van der Waals surface area contributed by atoms with Crippen LogP contribution in [0.3, 0.4) is 0 Å². The van der Waals surface area contributed by atoms with E-state index in [4.69, 9.17) is 10.5 Å². The van der Waals surface area contributed by atoms with Crippen LogP contribution in [0, 0.1) is 0 Å². The summed E-state index contributed by atoms with van der Waals surface area (Å²) < 4.78 is 5.68. The number of benzene rings is 2. The fourth-order valence-electron chi connectivity index (χ4n) is 3.46. The second-order valence-corrected chi connectivity index (χ2v) is 7.29. The number of rotatable bonds is 5. The summed E-state index contributed by atoms with van der Waals surface area (Å²) in [5.74, 6) is -0.0995. The van der Waals surface area contributed by atoms with Gasteiger partial charge in [-0.05, 0) is 56.2 Å². The van der Waals surface area contributed by atoms with E-state index in [1.807, 2.05) is 43.0 Å². The van der Waals surface area contributed by atoms with Crippen molar-refractivity contribution in [1.82, 2.24) is 4.90 Å². The molecule has 0 radical (unpaired) electrons. The Bertz CT molecular complexity index is 831. The molecule has 2 aromatic rings. The van der Waals surface area contributed by atoms with E-state index in [1.165, 1.54) is 0 Å². The van der Waals surface area contributed by atoms with Gasteiger partial charge in [0.25, 0.3) is 5.91 Å². The Balaban J connectivity index is 0.00000300. The summed E-state index contributed by atoms with van der Waals surface area (Å²) in [4.78, 5) is 26.7. The van der Waals surface area contributed by atoms with Crippen molar-refractivity contribution in [2.24, 2.45) is 0 Å². The van der Waals surface area contributed by atoms with Crippen LogP contribution in [0.25, 0.3) is 0 Å². The molecule has 6 nitrogen and oxygen atoms in total. The molecule has 3 N–H and O–H groups in total. The van der Waals surface area contributed by atoms with Gasteiger partial charge in [-0.15, -0.1) is 12.4 Å². The van der Waals surface area contributed by atoms with Crippen molar-refractivity contribution in [3.63, 3.8) is 0 Å². The smallest absolute Gasteiger partial charge is 0.254 e. The molecule has 156 valence electrons. The van der Waals surface area contributed by atoms with Crippen molar-refractivity contribution in [3.8, 4) is 0 Å². The summed E-state index contributed by atoms with van der Waals surface area (Å²) in [6.07, 6.45) is 0.996. The molecule has 0 spiro atoms. The summed E-state index contributed by atoms with van der Waals surface area (Å²) in [6.45, 7) is 5.11. The van der Waals surface area contributed by atoms with Gasteiger partial charge in [-0.25, -0.2) is 0 Å². The van der Waals surface area contributed by atoms with Crippen LogP contribution in [0.15, 0.2) is 48.5 Å². The van der Waals surface area contributed by atoms with E-state index < -0.39 is 0 Å². The van der Waals surface area contributed by atoms with Crippen LogP contribution in [-0.2, 0) is 16.0 Å². The van der Waals surface area contributed by atoms with Crippen LogP contribution in [-0.4, -0.2) is 42.0 Å². The zero-order chi connectivity index (χ0) is 20.1. The molecule has 29 heavy (non-hydrogen) atoms. The Kier molecular flexibility index (Phi) is 8.05. The lowest BCUT2D eigenvalue weighted by molar-refractivity contribution is -0.116. The minimum atomic E-state index is -0.0850. The number of para-hydroxylation sites is 1. The highest BCUT2D eigenvalue weighted by molar-refractivity contribution is 5.96. The number of nitrogens with two attached hydrogens (primary N) is 1. The van der Waals surface area contributed by atoms with Gasteiger partial charge in [0.1, 0.15) is 0 Å². The van der Waals surface area contributed by atoms with Crippen molar-refractivity contribution in [3.05, 3.63) is 59.7 Å².